The van der Waals surface area contributed by atoms with Crippen molar-refractivity contribution in [1.82, 2.24) is 0 Å². The summed E-state index contributed by atoms with van der Waals surface area (Å²) >= 11 is 9.34. The Bertz CT molecular complexity index is 359. The number of halogens is 2. The van der Waals surface area contributed by atoms with E-state index in [4.69, 9.17) is 17.3 Å². The average molecular weight is 307 g/mol. The Hall–Kier alpha value is -0.0900. The Morgan fingerprint density at radius 1 is 1.50 bits per heavy atom. The second kappa shape index (κ2) is 6.01. The summed E-state index contributed by atoms with van der Waals surface area (Å²) in [5, 5.41) is 10.7. The second-order valence-electron chi connectivity index (χ2n) is 4.07. The smallest absolute Gasteiger partial charge is 0.0758 e. The van der Waals surface area contributed by atoms with Crippen LogP contribution in [0.1, 0.15) is 31.9 Å². The fourth-order valence-electron chi connectivity index (χ4n) is 1.55. The minimum Gasteiger partial charge on any atom is -0.391 e. The van der Waals surface area contributed by atoms with Gasteiger partial charge in [0.1, 0.15) is 0 Å². The van der Waals surface area contributed by atoms with Gasteiger partial charge in [0.15, 0.2) is 0 Å². The molecule has 1 unspecified atom stereocenters. The van der Waals surface area contributed by atoms with Gasteiger partial charge in [-0.2, -0.15) is 0 Å². The number of hydrogen-bond donors (Lipinski definition) is 2. The molecule has 1 aromatic carbocycles. The topological polar surface area (TPSA) is 46.2 Å². The highest BCUT2D eigenvalue weighted by molar-refractivity contribution is 9.10. The van der Waals surface area contributed by atoms with Gasteiger partial charge in [-0.3, -0.25) is 0 Å². The molecule has 0 amide bonds. The van der Waals surface area contributed by atoms with Crippen LogP contribution in [0.5, 0.6) is 0 Å². The van der Waals surface area contributed by atoms with Crippen molar-refractivity contribution in [2.75, 3.05) is 0 Å². The highest BCUT2D eigenvalue weighted by Gasteiger charge is 2.23. The Morgan fingerprint density at radius 2 is 2.12 bits per heavy atom. The number of aliphatic hydroxyl groups excluding tert-OH is 1. The molecule has 0 aliphatic carbocycles. The van der Waals surface area contributed by atoms with Crippen molar-refractivity contribution in [3.8, 4) is 0 Å². The lowest BCUT2D eigenvalue weighted by molar-refractivity contribution is 0.0878. The maximum atomic E-state index is 10.1. The SMILES string of the molecule is CCC(C)[C@H](O)[C@H](N)c1cc(Cl)ccc1Br. The molecule has 0 radical (unpaired) electrons. The largest absolute Gasteiger partial charge is 0.391 e. The molecule has 0 heterocycles. The monoisotopic (exact) mass is 305 g/mol. The molecule has 0 fully saturated rings. The predicted molar refractivity (Wildman–Crippen MR) is 71.5 cm³/mol. The molecule has 0 bridgehead atoms. The van der Waals surface area contributed by atoms with E-state index in [9.17, 15) is 5.11 Å². The van der Waals surface area contributed by atoms with Crippen LogP contribution in [0.3, 0.4) is 0 Å². The molecule has 2 nitrogen and oxygen atoms in total. The first-order chi connectivity index (χ1) is 7.47. The van der Waals surface area contributed by atoms with E-state index >= 15 is 0 Å². The molecular weight excluding hydrogens is 289 g/mol. The maximum absolute atomic E-state index is 10.1. The van der Waals surface area contributed by atoms with Gasteiger partial charge in [0, 0.05) is 9.50 Å². The fourth-order valence-corrected chi connectivity index (χ4v) is 2.24. The molecule has 0 aliphatic rings. The first kappa shape index (κ1) is 14.0. The third-order valence-corrected chi connectivity index (χ3v) is 3.87. The second-order valence-corrected chi connectivity index (χ2v) is 5.36. The minimum atomic E-state index is -0.556. The molecule has 1 rings (SSSR count). The molecule has 0 aromatic heterocycles. The fraction of sp³-hybridized carbons (Fsp3) is 0.500. The van der Waals surface area contributed by atoms with Crippen molar-refractivity contribution in [3.05, 3.63) is 33.3 Å². The van der Waals surface area contributed by atoms with Crippen LogP contribution in [0.4, 0.5) is 0 Å². The Labute approximate surface area is 110 Å². The minimum absolute atomic E-state index is 0.167. The highest BCUT2D eigenvalue weighted by atomic mass is 79.9. The predicted octanol–water partition coefficient (Wildman–Crippen LogP) is 3.51. The van der Waals surface area contributed by atoms with Gasteiger partial charge in [-0.05, 0) is 29.7 Å². The van der Waals surface area contributed by atoms with E-state index in [1.807, 2.05) is 19.9 Å². The summed E-state index contributed by atoms with van der Waals surface area (Å²) in [4.78, 5) is 0. The van der Waals surface area contributed by atoms with Crippen LogP contribution in [0.15, 0.2) is 22.7 Å². The molecular formula is C12H17BrClNO. The lowest BCUT2D eigenvalue weighted by Gasteiger charge is -2.25. The van der Waals surface area contributed by atoms with E-state index in [2.05, 4.69) is 15.9 Å². The van der Waals surface area contributed by atoms with Crippen LogP contribution in [0, 0.1) is 5.92 Å². The van der Waals surface area contributed by atoms with Gasteiger partial charge in [0.05, 0.1) is 12.1 Å². The van der Waals surface area contributed by atoms with Gasteiger partial charge in [0.25, 0.3) is 0 Å². The average Bonchev–Trinajstić information content (AvgIpc) is 2.29. The highest BCUT2D eigenvalue weighted by Crippen LogP contribution is 2.29. The molecule has 0 saturated heterocycles. The van der Waals surface area contributed by atoms with Gasteiger partial charge in [-0.15, -0.1) is 0 Å². The first-order valence-corrected chi connectivity index (χ1v) is 6.53. The third kappa shape index (κ3) is 3.20. The third-order valence-electron chi connectivity index (χ3n) is 2.91. The van der Waals surface area contributed by atoms with Gasteiger partial charge in [-0.25, -0.2) is 0 Å². The van der Waals surface area contributed by atoms with Gasteiger partial charge >= 0.3 is 0 Å². The van der Waals surface area contributed by atoms with Crippen molar-refractivity contribution in [2.24, 2.45) is 11.7 Å². The van der Waals surface area contributed by atoms with Crippen LogP contribution in [0.25, 0.3) is 0 Å². The summed E-state index contributed by atoms with van der Waals surface area (Å²) in [7, 11) is 0. The molecule has 0 saturated carbocycles. The van der Waals surface area contributed by atoms with Crippen LogP contribution in [0.2, 0.25) is 5.02 Å². The summed E-state index contributed by atoms with van der Waals surface area (Å²) < 4.78 is 0.881. The molecule has 3 atom stereocenters. The van der Waals surface area contributed by atoms with Gasteiger partial charge < -0.3 is 10.8 Å². The molecule has 3 N–H and O–H groups in total. The molecule has 90 valence electrons. The zero-order chi connectivity index (χ0) is 12.3. The number of benzene rings is 1. The Balaban J connectivity index is 2.95. The quantitative estimate of drug-likeness (QED) is 0.894. The zero-order valence-corrected chi connectivity index (χ0v) is 11.8. The number of hydrogen-bond acceptors (Lipinski definition) is 2. The van der Waals surface area contributed by atoms with Crippen LogP contribution in [-0.4, -0.2) is 11.2 Å². The lowest BCUT2D eigenvalue weighted by atomic mass is 9.92. The van der Waals surface area contributed by atoms with E-state index in [0.717, 1.165) is 16.5 Å². The molecule has 1 aromatic rings. The lowest BCUT2D eigenvalue weighted by Crippen LogP contribution is -2.31. The molecule has 16 heavy (non-hydrogen) atoms. The first-order valence-electron chi connectivity index (χ1n) is 5.36. The number of nitrogens with two attached hydrogens (primary N) is 1. The normalized spacial score (nSPS) is 16.9. The van der Waals surface area contributed by atoms with E-state index < -0.39 is 12.1 Å². The van der Waals surface area contributed by atoms with Crippen molar-refractivity contribution >= 4 is 27.5 Å². The summed E-state index contributed by atoms with van der Waals surface area (Å²) in [5.74, 6) is 0.167. The van der Waals surface area contributed by atoms with Gasteiger partial charge in [-0.1, -0.05) is 47.8 Å². The molecule has 4 heteroatoms. The maximum Gasteiger partial charge on any atom is 0.0758 e. The van der Waals surface area contributed by atoms with Crippen LogP contribution >= 0.6 is 27.5 Å². The van der Waals surface area contributed by atoms with Crippen molar-refractivity contribution in [2.45, 2.75) is 32.4 Å². The summed E-state index contributed by atoms with van der Waals surface area (Å²) in [6.07, 6.45) is 0.340. The van der Waals surface area contributed by atoms with Crippen molar-refractivity contribution in [1.29, 1.82) is 0 Å². The Morgan fingerprint density at radius 3 is 2.69 bits per heavy atom. The number of aliphatic hydroxyl groups is 1. The van der Waals surface area contributed by atoms with E-state index in [0.29, 0.717) is 5.02 Å². The van der Waals surface area contributed by atoms with Crippen LogP contribution < -0.4 is 5.73 Å². The van der Waals surface area contributed by atoms with Crippen molar-refractivity contribution < 1.29 is 5.11 Å². The number of rotatable bonds is 4. The van der Waals surface area contributed by atoms with Crippen molar-refractivity contribution in [3.63, 3.8) is 0 Å². The van der Waals surface area contributed by atoms with E-state index in [-0.39, 0.29) is 5.92 Å². The Kier molecular flexibility index (Phi) is 5.25. The standard InChI is InChI=1S/C12H17BrClNO/c1-3-7(2)12(16)11(15)9-6-8(14)4-5-10(9)13/h4-7,11-12,16H,3,15H2,1-2H3/t7?,11-,12+/m1/s1. The van der Waals surface area contributed by atoms with Crippen LogP contribution in [-0.2, 0) is 0 Å². The summed E-state index contributed by atoms with van der Waals surface area (Å²) in [6.45, 7) is 4.02. The zero-order valence-electron chi connectivity index (χ0n) is 9.45. The van der Waals surface area contributed by atoms with Gasteiger partial charge in [0.2, 0.25) is 0 Å². The van der Waals surface area contributed by atoms with E-state index in [1.165, 1.54) is 0 Å². The summed E-state index contributed by atoms with van der Waals surface area (Å²) in [6, 6.07) is 5.02. The van der Waals surface area contributed by atoms with E-state index in [1.54, 1.807) is 12.1 Å². The summed E-state index contributed by atoms with van der Waals surface area (Å²) in [5.41, 5.74) is 6.89. The molecule has 0 aliphatic heterocycles. The molecule has 0 spiro atoms.